The number of rotatable bonds is 5. The van der Waals surface area contributed by atoms with Crippen LogP contribution in [0.5, 0.6) is 0 Å². The third kappa shape index (κ3) is 5.10. The van der Waals surface area contributed by atoms with Crippen LogP contribution in [0.2, 0.25) is 5.02 Å². The number of nitrogens with one attached hydrogen (secondary N) is 2. The molecule has 0 aromatic heterocycles. The molecule has 0 atom stereocenters. The highest BCUT2D eigenvalue weighted by atomic mass is 35.5. The number of halogens is 2. The molecule has 24 heavy (non-hydrogen) atoms. The van der Waals surface area contributed by atoms with Gasteiger partial charge >= 0.3 is 0 Å². The Bertz CT molecular complexity index is 571. The molecule has 2 N–H and O–H groups in total. The summed E-state index contributed by atoms with van der Waals surface area (Å²) in [6.45, 7) is 6.89. The van der Waals surface area contributed by atoms with Crippen LogP contribution in [0.3, 0.4) is 0 Å². The summed E-state index contributed by atoms with van der Waals surface area (Å²) < 4.78 is 0. The fourth-order valence-corrected chi connectivity index (χ4v) is 3.04. The van der Waals surface area contributed by atoms with Crippen LogP contribution in [-0.2, 0) is 4.79 Å². The van der Waals surface area contributed by atoms with Gasteiger partial charge in [-0.2, -0.15) is 0 Å². The quantitative estimate of drug-likeness (QED) is 0.832. The van der Waals surface area contributed by atoms with E-state index in [-0.39, 0.29) is 30.1 Å². The highest BCUT2D eigenvalue weighted by molar-refractivity contribution is 6.34. The van der Waals surface area contributed by atoms with Gasteiger partial charge in [0, 0.05) is 24.7 Å². The SMILES string of the molecule is CCN(CC)C(=O)c1ccc(NC(=O)C2CCNCC2)cc1Cl.Cl. The summed E-state index contributed by atoms with van der Waals surface area (Å²) in [6.07, 6.45) is 1.69. The van der Waals surface area contributed by atoms with Gasteiger partial charge in [-0.05, 0) is 58.0 Å². The number of carbonyl (C=O) groups is 2. The van der Waals surface area contributed by atoms with E-state index in [1.54, 1.807) is 23.1 Å². The topological polar surface area (TPSA) is 61.4 Å². The van der Waals surface area contributed by atoms with Crippen molar-refractivity contribution in [2.75, 3.05) is 31.5 Å². The molecule has 0 aliphatic carbocycles. The van der Waals surface area contributed by atoms with E-state index >= 15 is 0 Å². The van der Waals surface area contributed by atoms with Crippen LogP contribution in [0.4, 0.5) is 5.69 Å². The molecule has 0 bridgehead atoms. The smallest absolute Gasteiger partial charge is 0.255 e. The second-order valence-electron chi connectivity index (χ2n) is 5.69. The number of carbonyl (C=O) groups excluding carboxylic acids is 2. The molecular weight excluding hydrogens is 349 g/mol. The minimum Gasteiger partial charge on any atom is -0.339 e. The fourth-order valence-electron chi connectivity index (χ4n) is 2.78. The molecular formula is C17H25Cl2N3O2. The van der Waals surface area contributed by atoms with Crippen molar-refractivity contribution in [3.8, 4) is 0 Å². The van der Waals surface area contributed by atoms with Crippen LogP contribution in [0, 0.1) is 5.92 Å². The Morgan fingerprint density at radius 3 is 2.42 bits per heavy atom. The maximum atomic E-state index is 12.4. The van der Waals surface area contributed by atoms with Crippen molar-refractivity contribution < 1.29 is 9.59 Å². The summed E-state index contributed by atoms with van der Waals surface area (Å²) >= 11 is 6.24. The van der Waals surface area contributed by atoms with Crippen molar-refractivity contribution in [2.24, 2.45) is 5.92 Å². The minimum atomic E-state index is -0.0868. The molecule has 1 aliphatic heterocycles. The van der Waals surface area contributed by atoms with Crippen molar-refractivity contribution in [3.05, 3.63) is 28.8 Å². The maximum Gasteiger partial charge on any atom is 0.255 e. The maximum absolute atomic E-state index is 12.4. The number of amides is 2. The highest BCUT2D eigenvalue weighted by Crippen LogP contribution is 2.23. The summed E-state index contributed by atoms with van der Waals surface area (Å²) in [5.74, 6) is -0.0337. The monoisotopic (exact) mass is 373 g/mol. The molecule has 1 heterocycles. The molecule has 1 aromatic rings. The van der Waals surface area contributed by atoms with Gasteiger partial charge in [0.15, 0.2) is 0 Å². The average molecular weight is 374 g/mol. The first-order chi connectivity index (χ1) is 11.1. The van der Waals surface area contributed by atoms with Gasteiger partial charge < -0.3 is 15.5 Å². The van der Waals surface area contributed by atoms with Crippen LogP contribution in [-0.4, -0.2) is 42.9 Å². The highest BCUT2D eigenvalue weighted by Gasteiger charge is 2.21. The molecule has 1 saturated heterocycles. The molecule has 2 amide bonds. The van der Waals surface area contributed by atoms with Gasteiger partial charge in [-0.3, -0.25) is 9.59 Å². The van der Waals surface area contributed by atoms with E-state index in [4.69, 9.17) is 11.6 Å². The zero-order valence-corrected chi connectivity index (χ0v) is 15.7. The Kier molecular flexibility index (Phi) is 8.53. The van der Waals surface area contributed by atoms with E-state index < -0.39 is 0 Å². The molecule has 0 spiro atoms. The van der Waals surface area contributed by atoms with Crippen LogP contribution in [0.1, 0.15) is 37.0 Å². The first kappa shape index (κ1) is 20.7. The summed E-state index contributed by atoms with van der Waals surface area (Å²) in [4.78, 5) is 26.3. The van der Waals surface area contributed by atoms with Gasteiger partial charge in [0.25, 0.3) is 5.91 Å². The standard InChI is InChI=1S/C17H24ClN3O2.ClH/c1-3-21(4-2)17(23)14-6-5-13(11-15(14)18)20-16(22)12-7-9-19-10-8-12;/h5-6,11-12,19H,3-4,7-10H2,1-2H3,(H,20,22);1H. The first-order valence-corrected chi connectivity index (χ1v) is 8.55. The summed E-state index contributed by atoms with van der Waals surface area (Å²) in [7, 11) is 0. The molecule has 1 fully saturated rings. The lowest BCUT2D eigenvalue weighted by molar-refractivity contribution is -0.120. The zero-order chi connectivity index (χ0) is 16.8. The van der Waals surface area contributed by atoms with Gasteiger partial charge in [-0.1, -0.05) is 11.6 Å². The Labute approximate surface area is 154 Å². The van der Waals surface area contributed by atoms with Crippen molar-refractivity contribution in [3.63, 3.8) is 0 Å². The Balaban J connectivity index is 0.00000288. The van der Waals surface area contributed by atoms with E-state index in [0.29, 0.717) is 29.4 Å². The summed E-state index contributed by atoms with van der Waals surface area (Å²) in [6, 6.07) is 5.07. The Morgan fingerprint density at radius 1 is 1.25 bits per heavy atom. The van der Waals surface area contributed by atoms with E-state index in [1.807, 2.05) is 13.8 Å². The lowest BCUT2D eigenvalue weighted by Crippen LogP contribution is -2.34. The van der Waals surface area contributed by atoms with Crippen LogP contribution in [0.15, 0.2) is 18.2 Å². The second kappa shape index (κ2) is 9.87. The summed E-state index contributed by atoms with van der Waals surface area (Å²) in [5.41, 5.74) is 1.10. The number of anilines is 1. The number of hydrogen-bond donors (Lipinski definition) is 2. The van der Waals surface area contributed by atoms with E-state index in [1.165, 1.54) is 0 Å². The number of nitrogens with zero attached hydrogens (tertiary/aromatic N) is 1. The van der Waals surface area contributed by atoms with Gasteiger partial charge in [0.05, 0.1) is 10.6 Å². The number of benzene rings is 1. The molecule has 0 radical (unpaired) electrons. The lowest BCUT2D eigenvalue weighted by atomic mass is 9.97. The third-order valence-electron chi connectivity index (χ3n) is 4.23. The van der Waals surface area contributed by atoms with E-state index in [9.17, 15) is 9.59 Å². The zero-order valence-electron chi connectivity index (χ0n) is 14.1. The predicted molar refractivity (Wildman–Crippen MR) is 100 cm³/mol. The fraction of sp³-hybridized carbons (Fsp3) is 0.529. The number of hydrogen-bond acceptors (Lipinski definition) is 3. The molecule has 1 aliphatic rings. The summed E-state index contributed by atoms with van der Waals surface area (Å²) in [5, 5.41) is 6.51. The molecule has 2 rings (SSSR count). The Morgan fingerprint density at radius 2 is 1.88 bits per heavy atom. The van der Waals surface area contributed by atoms with Crippen LogP contribution >= 0.6 is 24.0 Å². The molecule has 0 unspecified atom stereocenters. The van der Waals surface area contributed by atoms with Gasteiger partial charge in [0.2, 0.25) is 5.91 Å². The molecule has 0 saturated carbocycles. The Hall–Kier alpha value is -1.30. The van der Waals surface area contributed by atoms with Crippen molar-refractivity contribution in [2.45, 2.75) is 26.7 Å². The molecule has 1 aromatic carbocycles. The van der Waals surface area contributed by atoms with Crippen LogP contribution in [0.25, 0.3) is 0 Å². The van der Waals surface area contributed by atoms with E-state index in [0.717, 1.165) is 25.9 Å². The van der Waals surface area contributed by atoms with E-state index in [2.05, 4.69) is 10.6 Å². The van der Waals surface area contributed by atoms with Crippen molar-refractivity contribution >= 4 is 41.5 Å². The first-order valence-electron chi connectivity index (χ1n) is 8.17. The second-order valence-corrected chi connectivity index (χ2v) is 6.09. The normalized spacial score (nSPS) is 14.6. The minimum absolute atomic E-state index is 0. The van der Waals surface area contributed by atoms with Crippen LogP contribution < -0.4 is 10.6 Å². The van der Waals surface area contributed by atoms with Gasteiger partial charge in [-0.25, -0.2) is 0 Å². The molecule has 5 nitrogen and oxygen atoms in total. The molecule has 134 valence electrons. The van der Waals surface area contributed by atoms with Gasteiger partial charge in [-0.15, -0.1) is 12.4 Å². The van der Waals surface area contributed by atoms with Crippen molar-refractivity contribution in [1.29, 1.82) is 0 Å². The molecule has 7 heteroatoms. The number of piperidine rings is 1. The largest absolute Gasteiger partial charge is 0.339 e. The predicted octanol–water partition coefficient (Wildman–Crippen LogP) is 3.18. The lowest BCUT2D eigenvalue weighted by Gasteiger charge is -2.22. The van der Waals surface area contributed by atoms with Gasteiger partial charge in [0.1, 0.15) is 0 Å². The average Bonchev–Trinajstić information content (AvgIpc) is 2.56. The van der Waals surface area contributed by atoms with Crippen molar-refractivity contribution in [1.82, 2.24) is 10.2 Å². The third-order valence-corrected chi connectivity index (χ3v) is 4.54.